The van der Waals surface area contributed by atoms with Crippen molar-refractivity contribution < 1.29 is 14.3 Å². The maximum Gasteiger partial charge on any atom is 0.246 e. The molecule has 1 unspecified atom stereocenters. The van der Waals surface area contributed by atoms with Crippen LogP contribution >= 0.6 is 0 Å². The maximum atomic E-state index is 11.6. The van der Waals surface area contributed by atoms with E-state index in [4.69, 9.17) is 4.74 Å². The average molecular weight is 228 g/mol. The Morgan fingerprint density at radius 2 is 2.19 bits per heavy atom. The summed E-state index contributed by atoms with van der Waals surface area (Å²) in [5.74, 6) is -0.322. The molecule has 1 saturated heterocycles. The van der Waals surface area contributed by atoms with Gasteiger partial charge in [-0.2, -0.15) is 0 Å². The Morgan fingerprint density at radius 3 is 2.88 bits per heavy atom. The molecular formula is C11H20N2O3. The standard InChI is InChI=1S/C11H20N2O3/c1-3-4-6-16-7-5-13-10(14)8-12-9(2)11(13)15/h9,12H,3-8H2,1-2H3. The van der Waals surface area contributed by atoms with Crippen LogP contribution in [0.4, 0.5) is 0 Å². The summed E-state index contributed by atoms with van der Waals surface area (Å²) >= 11 is 0. The van der Waals surface area contributed by atoms with Crippen molar-refractivity contribution in [1.29, 1.82) is 0 Å². The summed E-state index contributed by atoms with van der Waals surface area (Å²) in [7, 11) is 0. The van der Waals surface area contributed by atoms with Gasteiger partial charge in [0, 0.05) is 6.61 Å². The fourth-order valence-corrected chi connectivity index (χ4v) is 1.52. The Bertz CT molecular complexity index is 256. The summed E-state index contributed by atoms with van der Waals surface area (Å²) in [6.07, 6.45) is 2.10. The molecule has 0 saturated carbocycles. The monoisotopic (exact) mass is 228 g/mol. The molecule has 0 bridgehead atoms. The molecular weight excluding hydrogens is 208 g/mol. The first kappa shape index (κ1) is 13.1. The fourth-order valence-electron chi connectivity index (χ4n) is 1.52. The molecule has 5 heteroatoms. The van der Waals surface area contributed by atoms with Crippen molar-refractivity contribution in [3.8, 4) is 0 Å². The van der Waals surface area contributed by atoms with Crippen LogP contribution in [0, 0.1) is 0 Å². The highest BCUT2D eigenvalue weighted by Gasteiger charge is 2.30. The number of hydrogen-bond acceptors (Lipinski definition) is 4. The Kier molecular flexibility index (Phi) is 5.42. The van der Waals surface area contributed by atoms with Crippen LogP contribution in [0.5, 0.6) is 0 Å². The van der Waals surface area contributed by atoms with Crippen LogP contribution in [-0.4, -0.2) is 49.1 Å². The van der Waals surface area contributed by atoms with Crippen LogP contribution in [-0.2, 0) is 14.3 Å². The lowest BCUT2D eigenvalue weighted by atomic mass is 10.2. The quantitative estimate of drug-likeness (QED) is 0.519. The smallest absolute Gasteiger partial charge is 0.246 e. The molecule has 1 N–H and O–H groups in total. The van der Waals surface area contributed by atoms with E-state index in [1.54, 1.807) is 6.92 Å². The summed E-state index contributed by atoms with van der Waals surface area (Å²) in [6.45, 7) is 5.59. The molecule has 0 spiro atoms. The summed E-state index contributed by atoms with van der Waals surface area (Å²) in [5, 5.41) is 2.84. The van der Waals surface area contributed by atoms with E-state index in [2.05, 4.69) is 12.2 Å². The third kappa shape index (κ3) is 3.57. The SMILES string of the molecule is CCCCOCCN1C(=O)CNC(C)C1=O. The highest BCUT2D eigenvalue weighted by molar-refractivity contribution is 6.00. The molecule has 0 aromatic heterocycles. The van der Waals surface area contributed by atoms with Gasteiger partial charge in [0.25, 0.3) is 0 Å². The van der Waals surface area contributed by atoms with Crippen molar-refractivity contribution in [3.05, 3.63) is 0 Å². The number of amides is 2. The molecule has 16 heavy (non-hydrogen) atoms. The zero-order valence-corrected chi connectivity index (χ0v) is 9.99. The van der Waals surface area contributed by atoms with Gasteiger partial charge in [0.2, 0.25) is 11.8 Å². The van der Waals surface area contributed by atoms with Crippen LogP contribution in [0.2, 0.25) is 0 Å². The molecule has 0 aromatic rings. The van der Waals surface area contributed by atoms with Crippen molar-refractivity contribution in [3.63, 3.8) is 0 Å². The van der Waals surface area contributed by atoms with Gasteiger partial charge in [-0.05, 0) is 13.3 Å². The molecule has 1 aliphatic heterocycles. The second-order valence-corrected chi connectivity index (χ2v) is 3.95. The number of unbranched alkanes of at least 4 members (excludes halogenated alkanes) is 1. The van der Waals surface area contributed by atoms with Gasteiger partial charge in [-0.25, -0.2) is 0 Å². The highest BCUT2D eigenvalue weighted by atomic mass is 16.5. The van der Waals surface area contributed by atoms with Crippen molar-refractivity contribution in [2.24, 2.45) is 0 Å². The van der Waals surface area contributed by atoms with Gasteiger partial charge >= 0.3 is 0 Å². The van der Waals surface area contributed by atoms with Crippen LogP contribution in [0.3, 0.4) is 0 Å². The number of carbonyl (C=O) groups excluding carboxylic acids is 2. The van der Waals surface area contributed by atoms with Gasteiger partial charge in [-0.1, -0.05) is 13.3 Å². The fraction of sp³-hybridized carbons (Fsp3) is 0.818. The summed E-state index contributed by atoms with van der Waals surface area (Å²) in [6, 6.07) is -0.270. The minimum atomic E-state index is -0.270. The molecule has 92 valence electrons. The largest absolute Gasteiger partial charge is 0.380 e. The topological polar surface area (TPSA) is 58.6 Å². The summed E-state index contributed by atoms with van der Waals surface area (Å²) in [5.41, 5.74) is 0. The Morgan fingerprint density at radius 1 is 1.44 bits per heavy atom. The number of imide groups is 1. The molecule has 1 atom stereocenters. The lowest BCUT2D eigenvalue weighted by molar-refractivity contribution is -0.149. The van der Waals surface area contributed by atoms with E-state index in [0.29, 0.717) is 19.8 Å². The van der Waals surface area contributed by atoms with E-state index in [1.165, 1.54) is 4.90 Å². The molecule has 1 heterocycles. The van der Waals surface area contributed by atoms with Gasteiger partial charge in [0.1, 0.15) is 0 Å². The Labute approximate surface area is 96.1 Å². The van der Waals surface area contributed by atoms with Gasteiger partial charge in [0.05, 0.1) is 25.7 Å². The zero-order chi connectivity index (χ0) is 12.0. The molecule has 5 nitrogen and oxygen atoms in total. The molecule has 0 aromatic carbocycles. The predicted molar refractivity (Wildman–Crippen MR) is 59.9 cm³/mol. The van der Waals surface area contributed by atoms with Gasteiger partial charge in [0.15, 0.2) is 0 Å². The van der Waals surface area contributed by atoms with Gasteiger partial charge in [-0.3, -0.25) is 19.8 Å². The minimum Gasteiger partial charge on any atom is -0.380 e. The van der Waals surface area contributed by atoms with E-state index in [-0.39, 0.29) is 24.4 Å². The molecule has 1 fully saturated rings. The molecule has 2 amide bonds. The lowest BCUT2D eigenvalue weighted by Crippen LogP contribution is -2.57. The first-order valence-electron chi connectivity index (χ1n) is 5.82. The highest BCUT2D eigenvalue weighted by Crippen LogP contribution is 2.02. The number of piperazine rings is 1. The van der Waals surface area contributed by atoms with Crippen molar-refractivity contribution >= 4 is 11.8 Å². The number of carbonyl (C=O) groups is 2. The van der Waals surface area contributed by atoms with Gasteiger partial charge in [-0.15, -0.1) is 0 Å². The normalized spacial score (nSPS) is 21.6. The number of ether oxygens (including phenoxy) is 1. The Hall–Kier alpha value is -0.940. The van der Waals surface area contributed by atoms with Crippen molar-refractivity contribution in [2.45, 2.75) is 32.7 Å². The summed E-state index contributed by atoms with van der Waals surface area (Å²) < 4.78 is 5.34. The second kappa shape index (κ2) is 6.60. The molecule has 0 radical (unpaired) electrons. The average Bonchev–Trinajstić information content (AvgIpc) is 2.28. The van der Waals surface area contributed by atoms with E-state index >= 15 is 0 Å². The van der Waals surface area contributed by atoms with Crippen LogP contribution in [0.25, 0.3) is 0 Å². The maximum absolute atomic E-state index is 11.6. The van der Waals surface area contributed by atoms with E-state index in [0.717, 1.165) is 12.8 Å². The third-order valence-corrected chi connectivity index (χ3v) is 2.60. The molecule has 0 aliphatic carbocycles. The molecule has 1 aliphatic rings. The Balaban J connectivity index is 2.28. The first-order chi connectivity index (χ1) is 7.66. The summed E-state index contributed by atoms with van der Waals surface area (Å²) in [4.78, 5) is 24.4. The number of nitrogens with zero attached hydrogens (tertiary/aromatic N) is 1. The molecule has 1 rings (SSSR count). The number of rotatable bonds is 6. The predicted octanol–water partition coefficient (Wildman–Crippen LogP) is 0.150. The van der Waals surface area contributed by atoms with Crippen LogP contribution in [0.15, 0.2) is 0 Å². The minimum absolute atomic E-state index is 0.157. The third-order valence-electron chi connectivity index (χ3n) is 2.60. The zero-order valence-electron chi connectivity index (χ0n) is 9.99. The lowest BCUT2D eigenvalue weighted by Gasteiger charge is -2.29. The van der Waals surface area contributed by atoms with Crippen LogP contribution < -0.4 is 5.32 Å². The van der Waals surface area contributed by atoms with E-state index in [1.807, 2.05) is 0 Å². The number of nitrogens with one attached hydrogen (secondary N) is 1. The van der Waals surface area contributed by atoms with Crippen molar-refractivity contribution in [1.82, 2.24) is 10.2 Å². The van der Waals surface area contributed by atoms with E-state index < -0.39 is 0 Å². The number of hydrogen-bond donors (Lipinski definition) is 1. The van der Waals surface area contributed by atoms with Crippen molar-refractivity contribution in [2.75, 3.05) is 26.3 Å². The first-order valence-corrected chi connectivity index (χ1v) is 5.82. The van der Waals surface area contributed by atoms with E-state index in [9.17, 15) is 9.59 Å². The van der Waals surface area contributed by atoms with Gasteiger partial charge < -0.3 is 4.74 Å². The van der Waals surface area contributed by atoms with Crippen LogP contribution in [0.1, 0.15) is 26.7 Å². The second-order valence-electron chi connectivity index (χ2n) is 3.95.